The summed E-state index contributed by atoms with van der Waals surface area (Å²) in [6, 6.07) is 9.08. The molecule has 1 aromatic carbocycles. The van der Waals surface area contributed by atoms with Crippen molar-refractivity contribution in [3.05, 3.63) is 35.4 Å². The van der Waals surface area contributed by atoms with Gasteiger partial charge in [-0.25, -0.2) is 0 Å². The minimum atomic E-state index is -0.644. The van der Waals surface area contributed by atoms with Crippen molar-refractivity contribution in [2.45, 2.75) is 51.6 Å². The van der Waals surface area contributed by atoms with Gasteiger partial charge in [0.1, 0.15) is 0 Å². The molecule has 1 aliphatic carbocycles. The number of carboxylic acids is 1. The monoisotopic (exact) mass is 261 g/mol. The highest BCUT2D eigenvalue weighted by molar-refractivity contribution is 5.70. The van der Waals surface area contributed by atoms with E-state index in [0.29, 0.717) is 6.04 Å². The van der Waals surface area contributed by atoms with Crippen molar-refractivity contribution in [2.75, 3.05) is 0 Å². The van der Waals surface area contributed by atoms with Gasteiger partial charge in [0, 0.05) is 12.1 Å². The van der Waals surface area contributed by atoms with E-state index < -0.39 is 5.97 Å². The van der Waals surface area contributed by atoms with Gasteiger partial charge in [-0.05, 0) is 38.7 Å². The summed E-state index contributed by atoms with van der Waals surface area (Å²) in [5.74, 6) is -0.814. The Kier molecular flexibility index (Phi) is 4.59. The van der Waals surface area contributed by atoms with Crippen LogP contribution in [-0.4, -0.2) is 17.1 Å². The van der Waals surface area contributed by atoms with Gasteiger partial charge in [-0.3, -0.25) is 4.79 Å². The highest BCUT2D eigenvalue weighted by Gasteiger charge is 2.27. The third kappa shape index (κ3) is 3.80. The maximum Gasteiger partial charge on any atom is 0.306 e. The molecule has 2 unspecified atom stereocenters. The van der Waals surface area contributed by atoms with Gasteiger partial charge in [0.25, 0.3) is 0 Å². The highest BCUT2D eigenvalue weighted by Crippen LogP contribution is 2.26. The Bertz CT molecular complexity index is 444. The third-order valence-electron chi connectivity index (χ3n) is 4.05. The molecule has 0 aliphatic heterocycles. The Balaban J connectivity index is 1.95. The number of hydrogen-bond donors (Lipinski definition) is 2. The van der Waals surface area contributed by atoms with E-state index in [1.165, 1.54) is 11.1 Å². The Morgan fingerprint density at radius 3 is 2.89 bits per heavy atom. The number of hydrogen-bond acceptors (Lipinski definition) is 2. The molecule has 19 heavy (non-hydrogen) atoms. The fourth-order valence-corrected chi connectivity index (χ4v) is 2.95. The SMILES string of the molecule is Cc1cccc([C@H](C)NC2CCCC(C(=O)O)C2)c1. The molecule has 1 saturated carbocycles. The first-order valence-corrected chi connectivity index (χ1v) is 7.11. The molecule has 0 radical (unpaired) electrons. The molecule has 3 nitrogen and oxygen atoms in total. The van der Waals surface area contributed by atoms with E-state index in [4.69, 9.17) is 5.11 Å². The molecule has 0 amide bonds. The number of carboxylic acid groups (broad SMARTS) is 1. The van der Waals surface area contributed by atoms with E-state index in [0.717, 1.165) is 25.7 Å². The van der Waals surface area contributed by atoms with Crippen LogP contribution in [-0.2, 0) is 4.79 Å². The van der Waals surface area contributed by atoms with Crippen molar-refractivity contribution in [2.24, 2.45) is 5.92 Å². The van der Waals surface area contributed by atoms with Crippen LogP contribution in [0.15, 0.2) is 24.3 Å². The first-order chi connectivity index (χ1) is 9.06. The Morgan fingerprint density at radius 2 is 2.21 bits per heavy atom. The lowest BCUT2D eigenvalue weighted by Gasteiger charge is -2.30. The molecule has 0 aromatic heterocycles. The second-order valence-corrected chi connectivity index (χ2v) is 5.70. The van der Waals surface area contributed by atoms with Crippen LogP contribution < -0.4 is 5.32 Å². The van der Waals surface area contributed by atoms with Crippen molar-refractivity contribution in [1.82, 2.24) is 5.32 Å². The Labute approximate surface area is 115 Å². The van der Waals surface area contributed by atoms with Crippen LogP contribution in [0.4, 0.5) is 0 Å². The molecule has 2 N–H and O–H groups in total. The van der Waals surface area contributed by atoms with Crippen molar-refractivity contribution < 1.29 is 9.90 Å². The minimum absolute atomic E-state index is 0.170. The van der Waals surface area contributed by atoms with Crippen LogP contribution in [0.1, 0.15) is 49.8 Å². The van der Waals surface area contributed by atoms with Gasteiger partial charge >= 0.3 is 5.97 Å². The van der Waals surface area contributed by atoms with Crippen molar-refractivity contribution in [1.29, 1.82) is 0 Å². The molecule has 0 saturated heterocycles. The van der Waals surface area contributed by atoms with Crippen LogP contribution in [0.5, 0.6) is 0 Å². The summed E-state index contributed by atoms with van der Waals surface area (Å²) < 4.78 is 0. The van der Waals surface area contributed by atoms with E-state index in [1.54, 1.807) is 0 Å². The molecule has 3 heteroatoms. The van der Waals surface area contributed by atoms with Crippen LogP contribution in [0.3, 0.4) is 0 Å². The molecule has 3 atom stereocenters. The van der Waals surface area contributed by atoms with E-state index >= 15 is 0 Å². The topological polar surface area (TPSA) is 49.3 Å². The average Bonchev–Trinajstić information content (AvgIpc) is 2.39. The minimum Gasteiger partial charge on any atom is -0.481 e. The lowest BCUT2D eigenvalue weighted by Crippen LogP contribution is -2.37. The zero-order valence-electron chi connectivity index (χ0n) is 11.7. The number of nitrogens with one attached hydrogen (secondary N) is 1. The highest BCUT2D eigenvalue weighted by atomic mass is 16.4. The van der Waals surface area contributed by atoms with Gasteiger partial charge in [0.2, 0.25) is 0 Å². The molecule has 1 aromatic rings. The van der Waals surface area contributed by atoms with Gasteiger partial charge < -0.3 is 10.4 Å². The van der Waals surface area contributed by atoms with Crippen LogP contribution in [0.2, 0.25) is 0 Å². The van der Waals surface area contributed by atoms with Crippen LogP contribution in [0.25, 0.3) is 0 Å². The van der Waals surface area contributed by atoms with Gasteiger partial charge in [-0.15, -0.1) is 0 Å². The molecule has 2 rings (SSSR count). The Morgan fingerprint density at radius 1 is 1.42 bits per heavy atom. The predicted molar refractivity (Wildman–Crippen MR) is 76.1 cm³/mol. The number of benzene rings is 1. The second kappa shape index (κ2) is 6.20. The van der Waals surface area contributed by atoms with Crippen molar-refractivity contribution in [3.63, 3.8) is 0 Å². The summed E-state index contributed by atoms with van der Waals surface area (Å²) in [6.07, 6.45) is 3.67. The standard InChI is InChI=1S/C16H23NO2/c1-11-5-3-6-13(9-11)12(2)17-15-8-4-7-14(10-15)16(18)19/h3,5-6,9,12,14-15,17H,4,7-8,10H2,1-2H3,(H,18,19)/t12-,14?,15?/m0/s1. The number of aryl methyl sites for hydroxylation is 1. The molecule has 0 heterocycles. The number of aliphatic carboxylic acids is 1. The summed E-state index contributed by atoms with van der Waals surface area (Å²) in [6.45, 7) is 4.25. The van der Waals surface area contributed by atoms with E-state index in [9.17, 15) is 4.79 Å². The summed E-state index contributed by atoms with van der Waals surface area (Å²) in [5.41, 5.74) is 2.54. The summed E-state index contributed by atoms with van der Waals surface area (Å²) in [4.78, 5) is 11.1. The van der Waals surface area contributed by atoms with Crippen molar-refractivity contribution >= 4 is 5.97 Å². The second-order valence-electron chi connectivity index (χ2n) is 5.70. The maximum atomic E-state index is 11.1. The summed E-state index contributed by atoms with van der Waals surface area (Å²) in [7, 11) is 0. The zero-order valence-corrected chi connectivity index (χ0v) is 11.7. The fourth-order valence-electron chi connectivity index (χ4n) is 2.95. The van der Waals surface area contributed by atoms with Gasteiger partial charge in [-0.1, -0.05) is 36.2 Å². The third-order valence-corrected chi connectivity index (χ3v) is 4.05. The summed E-state index contributed by atoms with van der Waals surface area (Å²) >= 11 is 0. The molecule has 1 aliphatic rings. The van der Waals surface area contributed by atoms with Gasteiger partial charge in [-0.2, -0.15) is 0 Å². The lowest BCUT2D eigenvalue weighted by molar-refractivity contribution is -0.143. The van der Waals surface area contributed by atoms with Crippen molar-refractivity contribution in [3.8, 4) is 0 Å². The first-order valence-electron chi connectivity index (χ1n) is 7.11. The average molecular weight is 261 g/mol. The van der Waals surface area contributed by atoms with E-state index in [-0.39, 0.29) is 12.0 Å². The molecule has 1 fully saturated rings. The van der Waals surface area contributed by atoms with Crippen LogP contribution >= 0.6 is 0 Å². The fraction of sp³-hybridized carbons (Fsp3) is 0.562. The van der Waals surface area contributed by atoms with E-state index in [2.05, 4.69) is 43.4 Å². The number of carbonyl (C=O) groups is 1. The first kappa shape index (κ1) is 14.1. The normalized spacial score (nSPS) is 24.9. The van der Waals surface area contributed by atoms with E-state index in [1.807, 2.05) is 0 Å². The predicted octanol–water partition coefficient (Wildman–Crippen LogP) is 3.29. The lowest BCUT2D eigenvalue weighted by atomic mass is 9.85. The molecule has 0 spiro atoms. The van der Waals surface area contributed by atoms with Crippen LogP contribution in [0, 0.1) is 12.8 Å². The zero-order chi connectivity index (χ0) is 13.8. The summed E-state index contributed by atoms with van der Waals surface area (Å²) in [5, 5.41) is 12.7. The molecule has 0 bridgehead atoms. The molecular formula is C16H23NO2. The largest absolute Gasteiger partial charge is 0.481 e. The number of rotatable bonds is 4. The molecule has 104 valence electrons. The van der Waals surface area contributed by atoms with Gasteiger partial charge in [0.15, 0.2) is 0 Å². The molecular weight excluding hydrogens is 238 g/mol. The smallest absolute Gasteiger partial charge is 0.306 e. The Hall–Kier alpha value is -1.35. The maximum absolute atomic E-state index is 11.1. The quantitative estimate of drug-likeness (QED) is 0.874. The van der Waals surface area contributed by atoms with Gasteiger partial charge in [0.05, 0.1) is 5.92 Å².